The third-order valence-corrected chi connectivity index (χ3v) is 4.96. The highest BCUT2D eigenvalue weighted by atomic mass is 16.5. The molecule has 0 spiro atoms. The van der Waals surface area contributed by atoms with Gasteiger partial charge >= 0.3 is 5.97 Å². The van der Waals surface area contributed by atoms with Gasteiger partial charge in [-0.25, -0.2) is 0 Å². The van der Waals surface area contributed by atoms with Gasteiger partial charge in [0.15, 0.2) is 0 Å². The number of hydrogen-bond donors (Lipinski definition) is 1. The van der Waals surface area contributed by atoms with Crippen LogP contribution in [0.3, 0.4) is 0 Å². The first-order valence-electron chi connectivity index (χ1n) is 8.29. The summed E-state index contributed by atoms with van der Waals surface area (Å²) in [6.45, 7) is 0.828. The second-order valence-corrected chi connectivity index (χ2v) is 6.28. The Labute approximate surface area is 146 Å². The Morgan fingerprint density at radius 2 is 1.72 bits per heavy atom. The number of ether oxygens (including phenoxy) is 1. The quantitative estimate of drug-likeness (QED) is 0.930. The van der Waals surface area contributed by atoms with E-state index < -0.39 is 11.4 Å². The van der Waals surface area contributed by atoms with Gasteiger partial charge in [0.1, 0.15) is 5.75 Å². The number of likely N-dealkylation sites (tertiary alicyclic amines) is 1. The van der Waals surface area contributed by atoms with E-state index >= 15 is 0 Å². The molecule has 1 saturated heterocycles. The largest absolute Gasteiger partial charge is 0.497 e. The van der Waals surface area contributed by atoms with Crippen LogP contribution in [0.5, 0.6) is 5.75 Å². The van der Waals surface area contributed by atoms with E-state index in [0.29, 0.717) is 37.2 Å². The van der Waals surface area contributed by atoms with Crippen molar-refractivity contribution in [2.75, 3.05) is 20.2 Å². The van der Waals surface area contributed by atoms with Crippen LogP contribution in [-0.2, 0) is 10.2 Å². The average molecular weight is 339 g/mol. The lowest BCUT2D eigenvalue weighted by molar-refractivity contribution is -0.145. The van der Waals surface area contributed by atoms with E-state index in [1.807, 2.05) is 30.3 Å². The molecule has 0 unspecified atom stereocenters. The summed E-state index contributed by atoms with van der Waals surface area (Å²) in [5, 5.41) is 9.83. The maximum Gasteiger partial charge on any atom is 0.314 e. The summed E-state index contributed by atoms with van der Waals surface area (Å²) in [5.74, 6) is -0.287. The lowest BCUT2D eigenvalue weighted by Gasteiger charge is -2.39. The molecule has 2 aromatic rings. The molecule has 25 heavy (non-hydrogen) atoms. The molecular weight excluding hydrogens is 318 g/mol. The van der Waals surface area contributed by atoms with Gasteiger partial charge in [0.25, 0.3) is 5.91 Å². The predicted octanol–water partition coefficient (Wildman–Crippen LogP) is 2.95. The Balaban J connectivity index is 1.78. The van der Waals surface area contributed by atoms with Crippen molar-refractivity contribution in [2.45, 2.75) is 18.3 Å². The minimum atomic E-state index is -0.924. The number of amides is 1. The molecule has 2 aromatic carbocycles. The van der Waals surface area contributed by atoms with Crippen molar-refractivity contribution in [3.05, 3.63) is 65.7 Å². The molecule has 1 aliphatic rings. The summed E-state index contributed by atoms with van der Waals surface area (Å²) < 4.78 is 5.17. The highest BCUT2D eigenvalue weighted by Gasteiger charge is 2.43. The fourth-order valence-electron chi connectivity index (χ4n) is 3.41. The topological polar surface area (TPSA) is 66.8 Å². The van der Waals surface area contributed by atoms with E-state index in [4.69, 9.17) is 4.74 Å². The molecule has 130 valence electrons. The van der Waals surface area contributed by atoms with Gasteiger partial charge in [-0.3, -0.25) is 9.59 Å². The molecule has 5 nitrogen and oxygen atoms in total. The van der Waals surface area contributed by atoms with E-state index in [1.165, 1.54) is 0 Å². The van der Waals surface area contributed by atoms with Gasteiger partial charge in [-0.1, -0.05) is 36.4 Å². The van der Waals surface area contributed by atoms with E-state index in [2.05, 4.69) is 0 Å². The zero-order chi connectivity index (χ0) is 17.9. The van der Waals surface area contributed by atoms with Crippen molar-refractivity contribution in [1.82, 2.24) is 4.90 Å². The van der Waals surface area contributed by atoms with Gasteiger partial charge in [-0.05, 0) is 36.6 Å². The number of rotatable bonds is 4. The molecule has 1 aliphatic heterocycles. The summed E-state index contributed by atoms with van der Waals surface area (Å²) in [7, 11) is 1.56. The second kappa shape index (κ2) is 6.97. The van der Waals surface area contributed by atoms with E-state index in [0.717, 1.165) is 5.56 Å². The number of piperidine rings is 1. The molecule has 1 fully saturated rings. The van der Waals surface area contributed by atoms with Crippen LogP contribution < -0.4 is 4.74 Å². The van der Waals surface area contributed by atoms with Gasteiger partial charge < -0.3 is 14.7 Å². The second-order valence-electron chi connectivity index (χ2n) is 6.28. The average Bonchev–Trinajstić information content (AvgIpc) is 2.68. The molecule has 1 heterocycles. The van der Waals surface area contributed by atoms with E-state index in [9.17, 15) is 14.7 Å². The van der Waals surface area contributed by atoms with Crippen LogP contribution in [0.1, 0.15) is 28.8 Å². The number of carbonyl (C=O) groups excluding carboxylic acids is 1. The van der Waals surface area contributed by atoms with Crippen molar-refractivity contribution in [3.63, 3.8) is 0 Å². The highest BCUT2D eigenvalue weighted by Crippen LogP contribution is 2.36. The molecule has 5 heteroatoms. The van der Waals surface area contributed by atoms with Crippen LogP contribution in [0.2, 0.25) is 0 Å². The standard InChI is InChI=1S/C20H21NO4/c1-25-17-9-5-6-15(14-17)18(22)21-12-10-20(11-13-21,19(23)24)16-7-3-2-4-8-16/h2-9,14H,10-13H2,1H3,(H,23,24). The number of hydrogen-bond acceptors (Lipinski definition) is 3. The summed E-state index contributed by atoms with van der Waals surface area (Å²) in [5.41, 5.74) is 0.435. The molecule has 0 atom stereocenters. The van der Waals surface area contributed by atoms with Gasteiger partial charge in [0.05, 0.1) is 12.5 Å². The van der Waals surface area contributed by atoms with E-state index in [-0.39, 0.29) is 5.91 Å². The first kappa shape index (κ1) is 17.0. The molecule has 1 amide bonds. The molecule has 3 rings (SSSR count). The molecular formula is C20H21NO4. The van der Waals surface area contributed by atoms with Crippen LogP contribution in [0, 0.1) is 0 Å². The zero-order valence-corrected chi connectivity index (χ0v) is 14.1. The van der Waals surface area contributed by atoms with Crippen molar-refractivity contribution in [1.29, 1.82) is 0 Å². The number of carboxylic acids is 1. The van der Waals surface area contributed by atoms with Gasteiger partial charge in [-0.2, -0.15) is 0 Å². The van der Waals surface area contributed by atoms with Crippen molar-refractivity contribution in [3.8, 4) is 5.75 Å². The number of nitrogens with zero attached hydrogens (tertiary/aromatic N) is 1. The zero-order valence-electron chi connectivity index (χ0n) is 14.1. The Morgan fingerprint density at radius 1 is 1.04 bits per heavy atom. The first-order chi connectivity index (χ1) is 12.1. The molecule has 0 saturated carbocycles. The maximum absolute atomic E-state index is 12.7. The number of aliphatic carboxylic acids is 1. The summed E-state index contributed by atoms with van der Waals surface area (Å²) >= 11 is 0. The Bertz CT molecular complexity index is 764. The van der Waals surface area contributed by atoms with Crippen LogP contribution >= 0.6 is 0 Å². The Hall–Kier alpha value is -2.82. The minimum absolute atomic E-state index is 0.0917. The van der Waals surface area contributed by atoms with Crippen LogP contribution in [0.4, 0.5) is 0 Å². The summed E-state index contributed by atoms with van der Waals surface area (Å²) in [6.07, 6.45) is 0.810. The smallest absolute Gasteiger partial charge is 0.314 e. The first-order valence-corrected chi connectivity index (χ1v) is 8.29. The lowest BCUT2D eigenvalue weighted by atomic mass is 9.73. The summed E-state index contributed by atoms with van der Waals surface area (Å²) in [6, 6.07) is 16.3. The van der Waals surface area contributed by atoms with Crippen LogP contribution in [0.15, 0.2) is 54.6 Å². The summed E-state index contributed by atoms with van der Waals surface area (Å²) in [4.78, 5) is 26.4. The van der Waals surface area contributed by atoms with Gasteiger partial charge in [0.2, 0.25) is 0 Å². The Kier molecular flexibility index (Phi) is 4.74. The minimum Gasteiger partial charge on any atom is -0.497 e. The monoisotopic (exact) mass is 339 g/mol. The number of carboxylic acid groups (broad SMARTS) is 1. The van der Waals surface area contributed by atoms with Crippen molar-refractivity contribution in [2.24, 2.45) is 0 Å². The third-order valence-electron chi connectivity index (χ3n) is 4.96. The van der Waals surface area contributed by atoms with Crippen molar-refractivity contribution < 1.29 is 19.4 Å². The fourth-order valence-corrected chi connectivity index (χ4v) is 3.41. The number of methoxy groups -OCH3 is 1. The molecule has 0 aliphatic carbocycles. The maximum atomic E-state index is 12.7. The van der Waals surface area contributed by atoms with E-state index in [1.54, 1.807) is 36.3 Å². The van der Waals surface area contributed by atoms with Gasteiger partial charge in [-0.15, -0.1) is 0 Å². The van der Waals surface area contributed by atoms with Crippen molar-refractivity contribution >= 4 is 11.9 Å². The highest BCUT2D eigenvalue weighted by molar-refractivity contribution is 5.95. The number of carbonyl (C=O) groups is 2. The van der Waals surface area contributed by atoms with Crippen LogP contribution in [0.25, 0.3) is 0 Å². The predicted molar refractivity (Wildman–Crippen MR) is 93.9 cm³/mol. The Morgan fingerprint density at radius 3 is 2.32 bits per heavy atom. The SMILES string of the molecule is COc1cccc(C(=O)N2CCC(C(=O)O)(c3ccccc3)CC2)c1. The molecule has 0 aromatic heterocycles. The normalized spacial score (nSPS) is 16.3. The fraction of sp³-hybridized carbons (Fsp3) is 0.300. The third kappa shape index (κ3) is 3.22. The lowest BCUT2D eigenvalue weighted by Crippen LogP contribution is -2.49. The molecule has 0 radical (unpaired) electrons. The molecule has 0 bridgehead atoms. The number of benzene rings is 2. The van der Waals surface area contributed by atoms with Crippen LogP contribution in [-0.4, -0.2) is 42.1 Å². The van der Waals surface area contributed by atoms with Gasteiger partial charge in [0, 0.05) is 18.7 Å². The molecule has 1 N–H and O–H groups in total.